The number of hydrogen-bond acceptors (Lipinski definition) is 3. The van der Waals surface area contributed by atoms with Crippen molar-refractivity contribution in [1.82, 2.24) is 0 Å². The van der Waals surface area contributed by atoms with Crippen LogP contribution in [-0.2, 0) is 4.79 Å². The molecule has 1 atom stereocenters. The Morgan fingerprint density at radius 3 is 2.88 bits per heavy atom. The van der Waals surface area contributed by atoms with Crippen LogP contribution >= 0.6 is 11.8 Å². The van der Waals surface area contributed by atoms with E-state index in [-0.39, 0.29) is 18.5 Å². The summed E-state index contributed by atoms with van der Waals surface area (Å²) in [5.41, 5.74) is 8.96. The second-order valence-corrected chi connectivity index (χ2v) is 5.59. The molecule has 1 aliphatic heterocycles. The smallest absolute Gasteiger partial charge is 0.241 e. The Labute approximate surface area is 106 Å². The van der Waals surface area contributed by atoms with Gasteiger partial charge >= 0.3 is 0 Å². The summed E-state index contributed by atoms with van der Waals surface area (Å²) in [4.78, 5) is 15.0. The average Bonchev–Trinajstić information content (AvgIpc) is 2.27. The monoisotopic (exact) mass is 250 g/mol. The normalized spacial score (nSPS) is 19.1. The molecule has 0 saturated carbocycles. The van der Waals surface area contributed by atoms with E-state index in [1.54, 1.807) is 0 Å². The van der Waals surface area contributed by atoms with Crippen LogP contribution in [0.1, 0.15) is 18.1 Å². The number of hydrogen-bond donors (Lipinski definition) is 1. The summed E-state index contributed by atoms with van der Waals surface area (Å²) >= 11 is 1.83. The summed E-state index contributed by atoms with van der Waals surface area (Å²) in [6.07, 6.45) is 0. The van der Waals surface area contributed by atoms with Crippen LogP contribution in [0.2, 0.25) is 0 Å². The van der Waals surface area contributed by atoms with Crippen LogP contribution in [-0.4, -0.2) is 24.2 Å². The van der Waals surface area contributed by atoms with Crippen LogP contribution < -0.4 is 10.6 Å². The van der Waals surface area contributed by atoms with Gasteiger partial charge in [0.25, 0.3) is 0 Å². The molecular weight excluding hydrogens is 232 g/mol. The van der Waals surface area contributed by atoms with Crippen molar-refractivity contribution in [3.05, 3.63) is 23.3 Å². The Kier molecular flexibility index (Phi) is 3.45. The van der Waals surface area contributed by atoms with Crippen LogP contribution in [0.25, 0.3) is 0 Å². The van der Waals surface area contributed by atoms with Crippen molar-refractivity contribution >= 4 is 23.4 Å². The van der Waals surface area contributed by atoms with Gasteiger partial charge < -0.3 is 10.6 Å². The number of aryl methyl sites for hydroxylation is 2. The van der Waals surface area contributed by atoms with E-state index < -0.39 is 0 Å². The van der Waals surface area contributed by atoms with Crippen molar-refractivity contribution in [3.63, 3.8) is 0 Å². The minimum absolute atomic E-state index is 0.00375. The van der Waals surface area contributed by atoms with Gasteiger partial charge in [-0.3, -0.25) is 4.79 Å². The highest BCUT2D eigenvalue weighted by Gasteiger charge is 2.28. The lowest BCUT2D eigenvalue weighted by Crippen LogP contribution is -2.45. The van der Waals surface area contributed by atoms with E-state index in [0.717, 1.165) is 11.4 Å². The predicted octanol–water partition coefficient (Wildman–Crippen LogP) is 2.09. The summed E-state index contributed by atoms with van der Waals surface area (Å²) in [6, 6.07) is 4.45. The molecule has 1 unspecified atom stereocenters. The SMILES string of the molecule is Cc1cc(C)c2c(c1)N(C(=O)CN)C(C)CS2. The third kappa shape index (κ3) is 2.19. The van der Waals surface area contributed by atoms with Gasteiger partial charge in [-0.05, 0) is 38.0 Å². The van der Waals surface area contributed by atoms with Gasteiger partial charge in [0, 0.05) is 16.7 Å². The molecule has 0 radical (unpaired) electrons. The largest absolute Gasteiger partial charge is 0.322 e. The quantitative estimate of drug-likeness (QED) is 0.830. The summed E-state index contributed by atoms with van der Waals surface area (Å²) in [7, 11) is 0. The Balaban J connectivity index is 2.54. The molecule has 0 aromatic heterocycles. The van der Waals surface area contributed by atoms with Crippen molar-refractivity contribution in [2.24, 2.45) is 5.73 Å². The fourth-order valence-corrected chi connectivity index (χ4v) is 3.44. The van der Waals surface area contributed by atoms with E-state index in [1.165, 1.54) is 16.0 Å². The summed E-state index contributed by atoms with van der Waals surface area (Å²) in [5.74, 6) is 0.937. The lowest BCUT2D eigenvalue weighted by Gasteiger charge is -2.35. The second kappa shape index (κ2) is 4.70. The van der Waals surface area contributed by atoms with Gasteiger partial charge in [0.15, 0.2) is 0 Å². The molecule has 0 saturated heterocycles. The van der Waals surface area contributed by atoms with Crippen LogP contribution in [0.5, 0.6) is 0 Å². The standard InChI is InChI=1S/C13H18N2OS/c1-8-4-9(2)13-11(5-8)15(12(16)6-14)10(3)7-17-13/h4-5,10H,6-7,14H2,1-3H3. The molecule has 1 heterocycles. The van der Waals surface area contributed by atoms with Gasteiger partial charge in [0.05, 0.1) is 12.2 Å². The molecule has 3 nitrogen and oxygen atoms in total. The van der Waals surface area contributed by atoms with Crippen LogP contribution in [0.4, 0.5) is 5.69 Å². The van der Waals surface area contributed by atoms with Gasteiger partial charge in [-0.25, -0.2) is 0 Å². The Hall–Kier alpha value is -1.000. The topological polar surface area (TPSA) is 46.3 Å². The van der Waals surface area contributed by atoms with Crippen LogP contribution in [0, 0.1) is 13.8 Å². The first kappa shape index (κ1) is 12.5. The molecule has 2 N–H and O–H groups in total. The average molecular weight is 250 g/mol. The highest BCUT2D eigenvalue weighted by Crippen LogP contribution is 2.40. The van der Waals surface area contributed by atoms with E-state index in [9.17, 15) is 4.79 Å². The second-order valence-electron chi connectivity index (χ2n) is 4.56. The fraction of sp³-hybridized carbons (Fsp3) is 0.462. The minimum Gasteiger partial charge on any atom is -0.322 e. The lowest BCUT2D eigenvalue weighted by atomic mass is 10.1. The number of thioether (sulfide) groups is 1. The molecule has 2 rings (SSSR count). The van der Waals surface area contributed by atoms with Crippen molar-refractivity contribution < 1.29 is 4.79 Å². The first-order chi connectivity index (χ1) is 8.04. The zero-order chi connectivity index (χ0) is 12.6. The fourth-order valence-electron chi connectivity index (χ4n) is 2.29. The summed E-state index contributed by atoms with van der Waals surface area (Å²) < 4.78 is 0. The van der Waals surface area contributed by atoms with Gasteiger partial charge in [0.2, 0.25) is 5.91 Å². The number of rotatable bonds is 1. The lowest BCUT2D eigenvalue weighted by molar-refractivity contribution is -0.117. The van der Waals surface area contributed by atoms with E-state index in [1.807, 2.05) is 16.7 Å². The predicted molar refractivity (Wildman–Crippen MR) is 72.6 cm³/mol. The highest BCUT2D eigenvalue weighted by molar-refractivity contribution is 7.99. The maximum atomic E-state index is 12.0. The number of amides is 1. The molecule has 4 heteroatoms. The zero-order valence-electron chi connectivity index (χ0n) is 10.5. The van der Waals surface area contributed by atoms with Gasteiger partial charge in [0.1, 0.15) is 0 Å². The number of nitrogens with two attached hydrogens (primary N) is 1. The van der Waals surface area contributed by atoms with Crippen molar-refractivity contribution in [3.8, 4) is 0 Å². The molecule has 1 aliphatic rings. The van der Waals surface area contributed by atoms with Gasteiger partial charge in [-0.15, -0.1) is 11.8 Å². The van der Waals surface area contributed by atoms with Crippen molar-refractivity contribution in [1.29, 1.82) is 0 Å². The maximum absolute atomic E-state index is 12.0. The van der Waals surface area contributed by atoms with Crippen molar-refractivity contribution in [2.45, 2.75) is 31.7 Å². The van der Waals surface area contributed by atoms with E-state index in [0.29, 0.717) is 0 Å². The number of carbonyl (C=O) groups is 1. The molecule has 1 aromatic carbocycles. The Morgan fingerprint density at radius 2 is 2.24 bits per heavy atom. The molecule has 92 valence electrons. The molecule has 0 bridgehead atoms. The van der Waals surface area contributed by atoms with Gasteiger partial charge in [-0.1, -0.05) is 6.07 Å². The number of nitrogens with zero attached hydrogens (tertiary/aromatic N) is 1. The Morgan fingerprint density at radius 1 is 1.53 bits per heavy atom. The number of carbonyl (C=O) groups excluding carboxylic acids is 1. The van der Waals surface area contributed by atoms with E-state index >= 15 is 0 Å². The highest BCUT2D eigenvalue weighted by atomic mass is 32.2. The van der Waals surface area contributed by atoms with E-state index in [2.05, 4.69) is 32.9 Å². The van der Waals surface area contributed by atoms with E-state index in [4.69, 9.17) is 5.73 Å². The summed E-state index contributed by atoms with van der Waals surface area (Å²) in [5, 5.41) is 0. The molecule has 17 heavy (non-hydrogen) atoms. The molecule has 0 fully saturated rings. The molecular formula is C13H18N2OS. The first-order valence-corrected chi connectivity index (χ1v) is 6.79. The first-order valence-electron chi connectivity index (χ1n) is 5.80. The molecule has 1 amide bonds. The van der Waals surface area contributed by atoms with Gasteiger partial charge in [-0.2, -0.15) is 0 Å². The van der Waals surface area contributed by atoms with Crippen molar-refractivity contribution in [2.75, 3.05) is 17.2 Å². The number of benzene rings is 1. The van der Waals surface area contributed by atoms with Crippen LogP contribution in [0.15, 0.2) is 17.0 Å². The summed E-state index contributed by atoms with van der Waals surface area (Å²) in [6.45, 7) is 6.30. The third-order valence-corrected chi connectivity index (χ3v) is 4.48. The molecule has 0 spiro atoms. The third-order valence-electron chi connectivity index (χ3n) is 3.01. The van der Waals surface area contributed by atoms with Crippen LogP contribution in [0.3, 0.4) is 0 Å². The molecule has 1 aromatic rings. The minimum atomic E-state index is 0.00375. The maximum Gasteiger partial charge on any atom is 0.241 e. The number of anilines is 1. The zero-order valence-corrected chi connectivity index (χ0v) is 11.3. The molecule has 0 aliphatic carbocycles. The number of fused-ring (bicyclic) bond motifs is 1. The Bertz CT molecular complexity index is 459.